The molecule has 0 bridgehead atoms. The second-order valence-corrected chi connectivity index (χ2v) is 9.50. The third-order valence-electron chi connectivity index (χ3n) is 6.10. The van der Waals surface area contributed by atoms with Gasteiger partial charge in [0.15, 0.2) is 0 Å². The van der Waals surface area contributed by atoms with Gasteiger partial charge in [-0.1, -0.05) is 6.07 Å². The molecule has 3 aromatic rings. The minimum atomic E-state index is -0.511. The van der Waals surface area contributed by atoms with Gasteiger partial charge in [0.05, 0.1) is 6.04 Å². The summed E-state index contributed by atoms with van der Waals surface area (Å²) in [5.41, 5.74) is 1.21. The second kappa shape index (κ2) is 12.1. The van der Waals surface area contributed by atoms with Gasteiger partial charge in [-0.2, -0.15) is 0 Å². The highest BCUT2D eigenvalue weighted by Gasteiger charge is 2.33. The smallest absolute Gasteiger partial charge is 0.254 e. The molecule has 1 aliphatic heterocycles. The zero-order chi connectivity index (χ0) is 25.5. The molecule has 0 saturated heterocycles. The zero-order valence-electron chi connectivity index (χ0n) is 20.0. The Bertz CT molecular complexity index is 1180. The van der Waals surface area contributed by atoms with E-state index < -0.39 is 11.7 Å². The normalized spacial score (nSPS) is 14.9. The van der Waals surface area contributed by atoms with Crippen molar-refractivity contribution in [2.75, 3.05) is 40.0 Å². The number of halogens is 2. The van der Waals surface area contributed by atoms with E-state index in [4.69, 9.17) is 9.47 Å². The van der Waals surface area contributed by atoms with Gasteiger partial charge in [0.2, 0.25) is 5.91 Å². The summed E-state index contributed by atoms with van der Waals surface area (Å²) in [6.07, 6.45) is 1.25. The van der Waals surface area contributed by atoms with Crippen molar-refractivity contribution in [1.82, 2.24) is 9.80 Å². The van der Waals surface area contributed by atoms with Crippen molar-refractivity contribution in [3.63, 3.8) is 0 Å². The molecule has 2 aromatic carbocycles. The predicted molar refractivity (Wildman–Crippen MR) is 133 cm³/mol. The van der Waals surface area contributed by atoms with E-state index in [-0.39, 0.29) is 36.5 Å². The number of hydrogen-bond acceptors (Lipinski definition) is 5. The van der Waals surface area contributed by atoms with Crippen LogP contribution in [-0.4, -0.2) is 61.6 Å². The van der Waals surface area contributed by atoms with Crippen LogP contribution in [0, 0.1) is 11.6 Å². The maximum Gasteiger partial charge on any atom is 0.254 e. The molecule has 190 valence electrons. The summed E-state index contributed by atoms with van der Waals surface area (Å²) in [5.74, 6) is -0.988. The maximum atomic E-state index is 13.8. The van der Waals surface area contributed by atoms with Crippen molar-refractivity contribution >= 4 is 23.2 Å². The topological polar surface area (TPSA) is 59.1 Å². The molecule has 2 amide bonds. The van der Waals surface area contributed by atoms with E-state index in [1.165, 1.54) is 46.2 Å². The van der Waals surface area contributed by atoms with E-state index in [0.29, 0.717) is 38.3 Å². The van der Waals surface area contributed by atoms with E-state index in [0.717, 1.165) is 5.56 Å². The number of rotatable bonds is 10. The van der Waals surface area contributed by atoms with Gasteiger partial charge in [0, 0.05) is 37.2 Å². The van der Waals surface area contributed by atoms with Crippen LogP contribution in [0.2, 0.25) is 0 Å². The number of thiophene rings is 1. The highest BCUT2D eigenvalue weighted by Crippen LogP contribution is 2.34. The van der Waals surface area contributed by atoms with Crippen LogP contribution in [0.25, 0.3) is 0 Å². The lowest BCUT2D eigenvalue weighted by Crippen LogP contribution is -2.48. The summed E-state index contributed by atoms with van der Waals surface area (Å²) in [5, 5.41) is 1.99. The lowest BCUT2D eigenvalue weighted by atomic mass is 10.0. The monoisotopic (exact) mass is 514 g/mol. The predicted octanol–water partition coefficient (Wildman–Crippen LogP) is 4.71. The molecule has 0 saturated carbocycles. The largest absolute Gasteiger partial charge is 0.491 e. The number of carbonyl (C=O) groups excluding carboxylic acids is 2. The van der Waals surface area contributed by atoms with Gasteiger partial charge in [-0.15, -0.1) is 11.3 Å². The molecule has 0 fully saturated rings. The fourth-order valence-corrected chi connectivity index (χ4v) is 5.22. The Morgan fingerprint density at radius 1 is 1.11 bits per heavy atom. The average molecular weight is 515 g/mol. The van der Waals surface area contributed by atoms with Crippen LogP contribution in [0.5, 0.6) is 5.75 Å². The average Bonchev–Trinajstić information content (AvgIpc) is 3.36. The molecule has 1 aliphatic rings. The van der Waals surface area contributed by atoms with Gasteiger partial charge in [-0.3, -0.25) is 9.59 Å². The summed E-state index contributed by atoms with van der Waals surface area (Å²) >= 11 is 1.64. The number of fused-ring (bicyclic) bond motifs is 1. The fraction of sp³-hybridized carbons (Fsp3) is 0.333. The minimum Gasteiger partial charge on any atom is -0.491 e. The van der Waals surface area contributed by atoms with Gasteiger partial charge in [-0.25, -0.2) is 8.78 Å². The summed E-state index contributed by atoms with van der Waals surface area (Å²) in [4.78, 5) is 31.1. The summed E-state index contributed by atoms with van der Waals surface area (Å²) < 4.78 is 38.1. The van der Waals surface area contributed by atoms with Crippen molar-refractivity contribution in [1.29, 1.82) is 0 Å². The van der Waals surface area contributed by atoms with Gasteiger partial charge in [-0.05, 0) is 72.3 Å². The first kappa shape index (κ1) is 25.8. The highest BCUT2D eigenvalue weighted by atomic mass is 32.1. The van der Waals surface area contributed by atoms with Crippen molar-refractivity contribution in [3.05, 3.63) is 87.6 Å². The van der Waals surface area contributed by atoms with Crippen molar-refractivity contribution < 1.29 is 27.8 Å². The maximum absolute atomic E-state index is 13.8. The minimum absolute atomic E-state index is 0.147. The van der Waals surface area contributed by atoms with Crippen molar-refractivity contribution in [2.45, 2.75) is 18.9 Å². The van der Waals surface area contributed by atoms with Crippen LogP contribution in [-0.2, 0) is 16.0 Å². The first-order chi connectivity index (χ1) is 17.5. The quantitative estimate of drug-likeness (QED) is 0.368. The SMILES string of the molecule is COCCCN(CC(=O)N1CCc2sccc2[C@@H]1COc1ccc(F)cc1)C(=O)c1cccc(F)c1. The molecule has 0 unspecified atom stereocenters. The molecule has 1 aromatic heterocycles. The molecular formula is C27H28F2N2O4S. The van der Waals surface area contributed by atoms with Crippen LogP contribution in [0.4, 0.5) is 8.78 Å². The van der Waals surface area contributed by atoms with E-state index in [1.54, 1.807) is 35.5 Å². The van der Waals surface area contributed by atoms with E-state index in [2.05, 4.69) is 0 Å². The van der Waals surface area contributed by atoms with E-state index in [1.807, 2.05) is 11.4 Å². The molecule has 2 heterocycles. The van der Waals surface area contributed by atoms with Gasteiger partial charge < -0.3 is 19.3 Å². The number of amides is 2. The Kier molecular flexibility index (Phi) is 8.66. The third kappa shape index (κ3) is 6.27. The standard InChI is InChI=1S/C27H28F2N2O4S/c1-34-14-3-12-30(27(33)19-4-2-5-21(29)16-19)17-26(32)31-13-10-25-23(11-15-36-25)24(31)18-35-22-8-6-20(28)7-9-22/h2,4-9,11,15-16,24H,3,10,12-14,17-18H2,1H3/t24-/m0/s1. The Balaban J connectivity index is 1.52. The Hall–Kier alpha value is -3.30. The molecule has 1 atom stereocenters. The van der Waals surface area contributed by atoms with Crippen LogP contribution in [0.15, 0.2) is 60.0 Å². The Morgan fingerprint density at radius 2 is 1.92 bits per heavy atom. The molecule has 36 heavy (non-hydrogen) atoms. The lowest BCUT2D eigenvalue weighted by Gasteiger charge is -2.37. The highest BCUT2D eigenvalue weighted by molar-refractivity contribution is 7.10. The Labute approximate surface area is 213 Å². The summed E-state index contributed by atoms with van der Waals surface area (Å²) in [7, 11) is 1.57. The number of nitrogens with zero attached hydrogens (tertiary/aromatic N) is 2. The number of methoxy groups -OCH3 is 1. The van der Waals surface area contributed by atoms with Crippen LogP contribution in [0.3, 0.4) is 0 Å². The third-order valence-corrected chi connectivity index (χ3v) is 7.09. The first-order valence-electron chi connectivity index (χ1n) is 11.7. The van der Waals surface area contributed by atoms with Crippen molar-refractivity contribution in [2.24, 2.45) is 0 Å². The van der Waals surface area contributed by atoms with Crippen LogP contribution >= 0.6 is 11.3 Å². The number of carbonyl (C=O) groups is 2. The van der Waals surface area contributed by atoms with Gasteiger partial charge in [0.1, 0.15) is 30.5 Å². The van der Waals surface area contributed by atoms with Crippen LogP contribution in [0.1, 0.15) is 33.3 Å². The molecule has 0 radical (unpaired) electrons. The molecule has 4 rings (SSSR count). The van der Waals surface area contributed by atoms with E-state index in [9.17, 15) is 18.4 Å². The lowest BCUT2D eigenvalue weighted by molar-refractivity contribution is -0.135. The summed E-state index contributed by atoms with van der Waals surface area (Å²) in [6, 6.07) is 12.9. The molecule has 0 spiro atoms. The Morgan fingerprint density at radius 3 is 2.67 bits per heavy atom. The zero-order valence-corrected chi connectivity index (χ0v) is 20.8. The number of hydrogen-bond donors (Lipinski definition) is 0. The number of ether oxygens (including phenoxy) is 2. The first-order valence-corrected chi connectivity index (χ1v) is 12.6. The van der Waals surface area contributed by atoms with E-state index >= 15 is 0 Å². The molecular weight excluding hydrogens is 486 g/mol. The second-order valence-electron chi connectivity index (χ2n) is 8.50. The number of benzene rings is 2. The summed E-state index contributed by atoms with van der Waals surface area (Å²) in [6.45, 7) is 1.26. The van der Waals surface area contributed by atoms with Crippen LogP contribution < -0.4 is 4.74 Å². The van der Waals surface area contributed by atoms with Gasteiger partial charge >= 0.3 is 0 Å². The molecule has 6 nitrogen and oxygen atoms in total. The van der Waals surface area contributed by atoms with Gasteiger partial charge in [0.25, 0.3) is 5.91 Å². The molecule has 0 N–H and O–H groups in total. The fourth-order valence-electron chi connectivity index (χ4n) is 4.29. The molecule has 0 aliphatic carbocycles. The molecule has 9 heteroatoms. The van der Waals surface area contributed by atoms with Crippen molar-refractivity contribution in [3.8, 4) is 5.75 Å².